The van der Waals surface area contributed by atoms with Gasteiger partial charge in [0.1, 0.15) is 0 Å². The van der Waals surface area contributed by atoms with Crippen LogP contribution in [0.5, 0.6) is 0 Å². The van der Waals surface area contributed by atoms with Crippen LogP contribution in [0.1, 0.15) is 24.0 Å². The summed E-state index contributed by atoms with van der Waals surface area (Å²) < 4.78 is 0. The highest BCUT2D eigenvalue weighted by Crippen LogP contribution is 2.39. The van der Waals surface area contributed by atoms with Crippen molar-refractivity contribution in [2.75, 3.05) is 0 Å². The van der Waals surface area contributed by atoms with Crippen molar-refractivity contribution in [3.63, 3.8) is 0 Å². The van der Waals surface area contributed by atoms with Crippen LogP contribution in [0.3, 0.4) is 0 Å². The fourth-order valence-corrected chi connectivity index (χ4v) is 7.98. The van der Waals surface area contributed by atoms with Gasteiger partial charge in [0.05, 0.1) is 0 Å². The molecular formula is C53H37N3. The van der Waals surface area contributed by atoms with Crippen LogP contribution in [-0.2, 0) is 0 Å². The molecule has 1 aromatic heterocycles. The topological polar surface area (TPSA) is 38.7 Å². The maximum Gasteiger partial charge on any atom is 0.164 e. The Kier molecular flexibility index (Phi) is 8.66. The summed E-state index contributed by atoms with van der Waals surface area (Å²) in [6.07, 6.45) is 6.52. The molecule has 3 nitrogen and oxygen atoms in total. The van der Waals surface area contributed by atoms with E-state index in [9.17, 15) is 0 Å². The summed E-state index contributed by atoms with van der Waals surface area (Å²) in [5.74, 6) is 1.94. The second-order valence-electron chi connectivity index (χ2n) is 14.4. The number of allylic oxidation sites excluding steroid dienone is 4. The highest BCUT2D eigenvalue weighted by atomic mass is 15.0. The first kappa shape index (κ1) is 33.3. The van der Waals surface area contributed by atoms with Crippen LogP contribution in [0.4, 0.5) is 0 Å². The Hall–Kier alpha value is -7.23. The summed E-state index contributed by atoms with van der Waals surface area (Å²) in [7, 11) is 0. The van der Waals surface area contributed by atoms with E-state index < -0.39 is 0 Å². The van der Waals surface area contributed by atoms with Crippen molar-refractivity contribution in [3.05, 3.63) is 211 Å². The number of hydrogen-bond donors (Lipinski definition) is 0. The quantitative estimate of drug-likeness (QED) is 0.165. The molecule has 3 heteroatoms. The normalized spacial score (nSPS) is 12.7. The van der Waals surface area contributed by atoms with Crippen LogP contribution in [0.15, 0.2) is 200 Å². The Labute approximate surface area is 327 Å². The molecule has 0 spiro atoms. The molecule has 8 aromatic carbocycles. The fraction of sp³-hybridized carbons (Fsp3) is 0.0377. The van der Waals surface area contributed by atoms with Crippen molar-refractivity contribution in [2.24, 2.45) is 0 Å². The zero-order chi connectivity index (χ0) is 37.3. The van der Waals surface area contributed by atoms with Gasteiger partial charge in [-0.05, 0) is 97.1 Å². The van der Waals surface area contributed by atoms with Gasteiger partial charge in [-0.25, -0.2) is 15.0 Å². The molecule has 0 aliphatic heterocycles. The highest BCUT2D eigenvalue weighted by Gasteiger charge is 2.18. The predicted molar refractivity (Wildman–Crippen MR) is 234 cm³/mol. The van der Waals surface area contributed by atoms with Crippen molar-refractivity contribution in [2.45, 2.75) is 12.8 Å². The Balaban J connectivity index is 1.13. The standard InChI is InChI=1S/C53H37N3/c1-3-13-36(14-4-1)37-27-31-43(32-28-37)52-54-51(42-17-5-2-6-18-42)55-53(56-52)46-34-44(33-45(35-46)50-24-12-20-40-16-8-10-22-48(40)50)38-25-29-41(30-26-38)49-23-11-19-39-15-7-9-21-47(39)49/h1-25,27-29,31-35H,26,30H2. The number of rotatable bonds is 7. The van der Waals surface area contributed by atoms with E-state index in [-0.39, 0.29) is 0 Å². The molecule has 0 saturated heterocycles. The van der Waals surface area contributed by atoms with Gasteiger partial charge < -0.3 is 0 Å². The average Bonchev–Trinajstić information content (AvgIpc) is 3.29. The molecule has 0 saturated carbocycles. The zero-order valence-electron chi connectivity index (χ0n) is 30.8. The second kappa shape index (κ2) is 14.5. The summed E-state index contributed by atoms with van der Waals surface area (Å²) in [5.41, 5.74) is 12.6. The second-order valence-corrected chi connectivity index (χ2v) is 14.4. The van der Waals surface area contributed by atoms with Gasteiger partial charge in [0.15, 0.2) is 17.5 Å². The molecule has 0 amide bonds. The molecule has 56 heavy (non-hydrogen) atoms. The van der Waals surface area contributed by atoms with E-state index in [4.69, 9.17) is 15.0 Å². The Morgan fingerprint density at radius 1 is 0.286 bits per heavy atom. The third-order valence-corrected chi connectivity index (χ3v) is 10.9. The summed E-state index contributed by atoms with van der Waals surface area (Å²) in [5, 5.41) is 5.00. The zero-order valence-corrected chi connectivity index (χ0v) is 30.8. The van der Waals surface area contributed by atoms with Crippen LogP contribution in [0, 0.1) is 0 Å². The highest BCUT2D eigenvalue weighted by molar-refractivity contribution is 5.99. The minimum Gasteiger partial charge on any atom is -0.208 e. The van der Waals surface area contributed by atoms with Gasteiger partial charge in [0.2, 0.25) is 0 Å². The van der Waals surface area contributed by atoms with Gasteiger partial charge in [0.25, 0.3) is 0 Å². The van der Waals surface area contributed by atoms with Crippen LogP contribution in [-0.4, -0.2) is 15.0 Å². The number of benzene rings is 8. The fourth-order valence-electron chi connectivity index (χ4n) is 7.98. The maximum absolute atomic E-state index is 5.21. The first-order chi connectivity index (χ1) is 27.7. The van der Waals surface area contributed by atoms with E-state index in [1.807, 2.05) is 24.3 Å². The van der Waals surface area contributed by atoms with Crippen molar-refractivity contribution in [1.82, 2.24) is 15.0 Å². The molecule has 0 N–H and O–H groups in total. The monoisotopic (exact) mass is 715 g/mol. The number of hydrogen-bond acceptors (Lipinski definition) is 3. The van der Waals surface area contributed by atoms with Crippen molar-refractivity contribution in [3.8, 4) is 56.4 Å². The van der Waals surface area contributed by atoms with Gasteiger partial charge in [-0.1, -0.05) is 182 Å². The largest absolute Gasteiger partial charge is 0.208 e. The summed E-state index contributed by atoms with van der Waals surface area (Å²) in [6.45, 7) is 0. The third kappa shape index (κ3) is 6.50. The summed E-state index contributed by atoms with van der Waals surface area (Å²) in [6, 6.07) is 66.5. The predicted octanol–water partition coefficient (Wildman–Crippen LogP) is 13.8. The van der Waals surface area contributed by atoms with Crippen molar-refractivity contribution >= 4 is 32.7 Å². The first-order valence-corrected chi connectivity index (χ1v) is 19.2. The Morgan fingerprint density at radius 2 is 0.714 bits per heavy atom. The van der Waals surface area contributed by atoms with Gasteiger partial charge in [0, 0.05) is 16.7 Å². The lowest BCUT2D eigenvalue weighted by Gasteiger charge is -2.19. The maximum atomic E-state index is 5.21. The van der Waals surface area contributed by atoms with E-state index in [0.29, 0.717) is 17.5 Å². The van der Waals surface area contributed by atoms with Crippen molar-refractivity contribution < 1.29 is 0 Å². The lowest BCUT2D eigenvalue weighted by Crippen LogP contribution is -2.01. The minimum absolute atomic E-state index is 0.644. The first-order valence-electron chi connectivity index (χ1n) is 19.2. The van der Waals surface area contributed by atoms with E-state index in [2.05, 4.69) is 176 Å². The smallest absolute Gasteiger partial charge is 0.164 e. The van der Waals surface area contributed by atoms with Crippen LogP contribution >= 0.6 is 0 Å². The molecule has 264 valence electrons. The van der Waals surface area contributed by atoms with Crippen LogP contribution in [0.2, 0.25) is 0 Å². The Morgan fingerprint density at radius 3 is 1.36 bits per heavy atom. The number of aromatic nitrogens is 3. The van der Waals surface area contributed by atoms with Gasteiger partial charge in [-0.3, -0.25) is 0 Å². The molecule has 0 unspecified atom stereocenters. The van der Waals surface area contributed by atoms with E-state index in [0.717, 1.165) is 40.7 Å². The van der Waals surface area contributed by atoms with Gasteiger partial charge >= 0.3 is 0 Å². The van der Waals surface area contributed by atoms with Crippen LogP contribution in [0.25, 0.3) is 89.1 Å². The lowest BCUT2D eigenvalue weighted by atomic mass is 9.86. The SMILES string of the molecule is C1=C(c2cc(-c3nc(-c4ccccc4)nc(-c4ccc(-c5ccccc5)cc4)n3)cc(-c3cccc4ccccc34)c2)CCC(c2cccc3ccccc23)=C1. The molecule has 1 aliphatic carbocycles. The minimum atomic E-state index is 0.644. The molecule has 0 radical (unpaired) electrons. The Bertz CT molecular complexity index is 2930. The van der Waals surface area contributed by atoms with E-state index in [1.165, 1.54) is 54.9 Å². The molecule has 0 atom stereocenters. The molecule has 0 bridgehead atoms. The number of nitrogens with zero attached hydrogens (tertiary/aromatic N) is 3. The van der Waals surface area contributed by atoms with Gasteiger partial charge in [-0.2, -0.15) is 0 Å². The van der Waals surface area contributed by atoms with Crippen molar-refractivity contribution in [1.29, 1.82) is 0 Å². The molecular weight excluding hydrogens is 679 g/mol. The molecule has 1 heterocycles. The molecule has 10 rings (SSSR count). The number of fused-ring (bicyclic) bond motifs is 2. The van der Waals surface area contributed by atoms with E-state index in [1.54, 1.807) is 0 Å². The lowest BCUT2D eigenvalue weighted by molar-refractivity contribution is 1.07. The average molecular weight is 716 g/mol. The third-order valence-electron chi connectivity index (χ3n) is 10.9. The summed E-state index contributed by atoms with van der Waals surface area (Å²) in [4.78, 5) is 15.4. The molecule has 0 fully saturated rings. The molecule has 9 aromatic rings. The summed E-state index contributed by atoms with van der Waals surface area (Å²) >= 11 is 0. The van der Waals surface area contributed by atoms with Crippen LogP contribution < -0.4 is 0 Å². The molecule has 1 aliphatic rings. The van der Waals surface area contributed by atoms with Gasteiger partial charge in [-0.15, -0.1) is 0 Å². The van der Waals surface area contributed by atoms with E-state index >= 15 is 0 Å².